The van der Waals surface area contributed by atoms with Crippen molar-refractivity contribution in [3.05, 3.63) is 24.3 Å². The average molecular weight is 288 g/mol. The van der Waals surface area contributed by atoms with Crippen LogP contribution in [0.5, 0.6) is 11.5 Å². The fourth-order valence-electron chi connectivity index (χ4n) is 3.67. The van der Waals surface area contributed by atoms with Crippen LogP contribution >= 0.6 is 0 Å². The minimum Gasteiger partial charge on any atom is -0.485 e. The van der Waals surface area contributed by atoms with Crippen LogP contribution in [0.1, 0.15) is 12.8 Å². The number of amides is 1. The summed E-state index contributed by atoms with van der Waals surface area (Å²) in [7, 11) is 0. The third-order valence-corrected chi connectivity index (χ3v) is 4.75. The van der Waals surface area contributed by atoms with Gasteiger partial charge in [-0.1, -0.05) is 12.1 Å². The molecule has 3 unspecified atom stereocenters. The van der Waals surface area contributed by atoms with Gasteiger partial charge in [0.25, 0.3) is 5.91 Å². The van der Waals surface area contributed by atoms with Gasteiger partial charge in [0, 0.05) is 25.7 Å². The molecule has 3 heterocycles. The summed E-state index contributed by atoms with van der Waals surface area (Å²) in [4.78, 5) is 14.8. The number of hydrogen-bond acceptors (Lipinski definition) is 4. The molecule has 1 aromatic carbocycles. The molecule has 0 saturated carbocycles. The Morgan fingerprint density at radius 1 is 1.24 bits per heavy atom. The minimum atomic E-state index is -0.515. The molecule has 1 amide bonds. The summed E-state index contributed by atoms with van der Waals surface area (Å²) in [6.45, 7) is 3.07. The van der Waals surface area contributed by atoms with E-state index in [0.29, 0.717) is 24.3 Å². The summed E-state index contributed by atoms with van der Waals surface area (Å²) in [5.74, 6) is 2.06. The highest BCUT2D eigenvalue weighted by Gasteiger charge is 2.41. The summed E-state index contributed by atoms with van der Waals surface area (Å²) in [5, 5.41) is 3.40. The zero-order chi connectivity index (χ0) is 14.2. The normalized spacial score (nSPS) is 30.9. The van der Waals surface area contributed by atoms with E-state index in [1.165, 1.54) is 6.42 Å². The standard InChI is InChI=1S/C16H20N2O3/c19-16(18-7-3-4-11-8-17-9-12(11)18)15-10-20-13-5-1-2-6-14(13)21-15/h1-2,5-6,11-12,15,17H,3-4,7-10H2. The molecular weight excluding hydrogens is 268 g/mol. The molecule has 0 spiro atoms. The van der Waals surface area contributed by atoms with Gasteiger partial charge in [-0.2, -0.15) is 0 Å². The van der Waals surface area contributed by atoms with Crippen molar-refractivity contribution in [1.29, 1.82) is 0 Å². The third-order valence-electron chi connectivity index (χ3n) is 4.75. The summed E-state index contributed by atoms with van der Waals surface area (Å²) < 4.78 is 11.5. The van der Waals surface area contributed by atoms with Crippen LogP contribution in [0.3, 0.4) is 0 Å². The van der Waals surface area contributed by atoms with E-state index in [9.17, 15) is 4.79 Å². The molecule has 3 aliphatic heterocycles. The summed E-state index contributed by atoms with van der Waals surface area (Å²) in [6.07, 6.45) is 1.78. The molecule has 5 nitrogen and oxygen atoms in total. The Morgan fingerprint density at radius 2 is 2.10 bits per heavy atom. The van der Waals surface area contributed by atoms with E-state index in [2.05, 4.69) is 5.32 Å². The minimum absolute atomic E-state index is 0.0721. The highest BCUT2D eigenvalue weighted by molar-refractivity contribution is 5.82. The lowest BCUT2D eigenvalue weighted by Crippen LogP contribution is -2.54. The number of benzene rings is 1. The van der Waals surface area contributed by atoms with Gasteiger partial charge >= 0.3 is 0 Å². The number of rotatable bonds is 1. The number of nitrogens with one attached hydrogen (secondary N) is 1. The molecule has 1 aromatic rings. The third kappa shape index (κ3) is 2.25. The van der Waals surface area contributed by atoms with Gasteiger partial charge in [-0.05, 0) is 30.9 Å². The van der Waals surface area contributed by atoms with Crippen molar-refractivity contribution < 1.29 is 14.3 Å². The first-order valence-electron chi connectivity index (χ1n) is 7.72. The molecule has 0 bridgehead atoms. The fraction of sp³-hybridized carbons (Fsp3) is 0.562. The van der Waals surface area contributed by atoms with Crippen LogP contribution in [0.15, 0.2) is 24.3 Å². The molecule has 0 aromatic heterocycles. The van der Waals surface area contributed by atoms with E-state index in [1.807, 2.05) is 29.2 Å². The highest BCUT2D eigenvalue weighted by atomic mass is 16.6. The van der Waals surface area contributed by atoms with E-state index in [4.69, 9.17) is 9.47 Å². The van der Waals surface area contributed by atoms with Crippen LogP contribution in [0.4, 0.5) is 0 Å². The van der Waals surface area contributed by atoms with Gasteiger partial charge in [0.15, 0.2) is 11.5 Å². The van der Waals surface area contributed by atoms with E-state index >= 15 is 0 Å². The average Bonchev–Trinajstić information content (AvgIpc) is 3.02. The molecule has 3 aliphatic rings. The zero-order valence-corrected chi connectivity index (χ0v) is 12.0. The second-order valence-electron chi connectivity index (χ2n) is 6.02. The Hall–Kier alpha value is -1.75. The van der Waals surface area contributed by atoms with Crippen molar-refractivity contribution in [2.24, 2.45) is 5.92 Å². The van der Waals surface area contributed by atoms with Crippen molar-refractivity contribution in [1.82, 2.24) is 10.2 Å². The predicted octanol–water partition coefficient (Wildman–Crippen LogP) is 1.04. The number of fused-ring (bicyclic) bond motifs is 2. The first-order valence-corrected chi connectivity index (χ1v) is 7.72. The number of piperidine rings is 1. The number of para-hydroxylation sites is 2. The number of hydrogen-bond donors (Lipinski definition) is 1. The summed E-state index contributed by atoms with van der Waals surface area (Å²) in [6, 6.07) is 7.85. The maximum Gasteiger partial charge on any atom is 0.267 e. The molecule has 4 rings (SSSR count). The zero-order valence-electron chi connectivity index (χ0n) is 12.0. The van der Waals surface area contributed by atoms with Gasteiger partial charge in [-0.15, -0.1) is 0 Å². The molecule has 0 radical (unpaired) electrons. The number of carbonyl (C=O) groups is 1. The lowest BCUT2D eigenvalue weighted by atomic mass is 9.91. The molecule has 21 heavy (non-hydrogen) atoms. The predicted molar refractivity (Wildman–Crippen MR) is 77.4 cm³/mol. The maximum absolute atomic E-state index is 12.8. The van der Waals surface area contributed by atoms with E-state index in [0.717, 1.165) is 31.8 Å². The smallest absolute Gasteiger partial charge is 0.267 e. The van der Waals surface area contributed by atoms with Gasteiger partial charge in [0.1, 0.15) is 6.61 Å². The Labute approximate surface area is 124 Å². The molecule has 2 fully saturated rings. The van der Waals surface area contributed by atoms with E-state index in [1.54, 1.807) is 0 Å². The Kier molecular flexibility index (Phi) is 3.22. The monoisotopic (exact) mass is 288 g/mol. The number of nitrogens with zero attached hydrogens (tertiary/aromatic N) is 1. The van der Waals surface area contributed by atoms with E-state index in [-0.39, 0.29) is 5.91 Å². The molecular formula is C16H20N2O3. The molecule has 2 saturated heterocycles. The van der Waals surface area contributed by atoms with Crippen molar-refractivity contribution in [2.75, 3.05) is 26.2 Å². The molecule has 5 heteroatoms. The largest absolute Gasteiger partial charge is 0.485 e. The molecule has 1 N–H and O–H groups in total. The molecule has 112 valence electrons. The van der Waals surface area contributed by atoms with Crippen LogP contribution in [-0.2, 0) is 4.79 Å². The van der Waals surface area contributed by atoms with Gasteiger partial charge < -0.3 is 19.7 Å². The second kappa shape index (κ2) is 5.22. The lowest BCUT2D eigenvalue weighted by Gasteiger charge is -2.39. The van der Waals surface area contributed by atoms with Crippen molar-refractivity contribution in [2.45, 2.75) is 25.0 Å². The van der Waals surface area contributed by atoms with Crippen LogP contribution < -0.4 is 14.8 Å². The Bertz CT molecular complexity index is 548. The van der Waals surface area contributed by atoms with Crippen LogP contribution in [0.2, 0.25) is 0 Å². The van der Waals surface area contributed by atoms with E-state index < -0.39 is 6.10 Å². The van der Waals surface area contributed by atoms with Crippen molar-refractivity contribution >= 4 is 5.91 Å². The lowest BCUT2D eigenvalue weighted by molar-refractivity contribution is -0.145. The SMILES string of the molecule is O=C(C1COc2ccccc2O1)N1CCCC2CNCC21. The highest BCUT2D eigenvalue weighted by Crippen LogP contribution is 2.33. The quantitative estimate of drug-likeness (QED) is 0.839. The first-order chi connectivity index (χ1) is 10.3. The number of ether oxygens (including phenoxy) is 2. The summed E-state index contributed by atoms with van der Waals surface area (Å²) in [5.41, 5.74) is 0. The first kappa shape index (κ1) is 13.0. The van der Waals surface area contributed by atoms with Gasteiger partial charge in [-0.25, -0.2) is 0 Å². The van der Waals surface area contributed by atoms with Crippen molar-refractivity contribution in [3.8, 4) is 11.5 Å². The van der Waals surface area contributed by atoms with Crippen molar-refractivity contribution in [3.63, 3.8) is 0 Å². The van der Waals surface area contributed by atoms with Crippen LogP contribution in [0.25, 0.3) is 0 Å². The number of carbonyl (C=O) groups excluding carboxylic acids is 1. The second-order valence-corrected chi connectivity index (χ2v) is 6.02. The fourth-order valence-corrected chi connectivity index (χ4v) is 3.67. The Balaban J connectivity index is 1.50. The molecule has 0 aliphatic carbocycles. The Morgan fingerprint density at radius 3 is 3.00 bits per heavy atom. The topological polar surface area (TPSA) is 50.8 Å². The van der Waals surface area contributed by atoms with Gasteiger partial charge in [0.2, 0.25) is 6.10 Å². The van der Waals surface area contributed by atoms with Crippen LogP contribution in [0, 0.1) is 5.92 Å². The number of likely N-dealkylation sites (tertiary alicyclic amines) is 1. The maximum atomic E-state index is 12.8. The summed E-state index contributed by atoms with van der Waals surface area (Å²) >= 11 is 0. The molecule has 3 atom stereocenters. The van der Waals surface area contributed by atoms with Gasteiger partial charge in [-0.3, -0.25) is 4.79 Å². The van der Waals surface area contributed by atoms with Crippen LogP contribution in [-0.4, -0.2) is 49.2 Å². The van der Waals surface area contributed by atoms with Gasteiger partial charge in [0.05, 0.1) is 0 Å².